The van der Waals surface area contributed by atoms with Gasteiger partial charge < -0.3 is 15.5 Å². The van der Waals surface area contributed by atoms with E-state index in [0.717, 1.165) is 38.2 Å². The SMILES string of the molecule is O=C(NCCCc1ccccc1)NC1CCN(c2ccccn2)C1. The molecule has 0 radical (unpaired) electrons. The summed E-state index contributed by atoms with van der Waals surface area (Å²) in [5, 5.41) is 6.01. The molecule has 1 unspecified atom stereocenters. The Bertz CT molecular complexity index is 632. The Balaban J connectivity index is 1.34. The van der Waals surface area contributed by atoms with Gasteiger partial charge in [0.05, 0.1) is 0 Å². The highest BCUT2D eigenvalue weighted by Crippen LogP contribution is 2.17. The number of benzene rings is 1. The number of pyridine rings is 1. The number of nitrogens with zero attached hydrogens (tertiary/aromatic N) is 2. The minimum Gasteiger partial charge on any atom is -0.354 e. The van der Waals surface area contributed by atoms with Crippen molar-refractivity contribution < 1.29 is 4.79 Å². The number of aryl methyl sites for hydroxylation is 1. The van der Waals surface area contributed by atoms with Crippen molar-refractivity contribution in [3.8, 4) is 0 Å². The Kier molecular flexibility index (Phi) is 5.66. The molecule has 0 saturated carbocycles. The van der Waals surface area contributed by atoms with Gasteiger partial charge >= 0.3 is 6.03 Å². The summed E-state index contributed by atoms with van der Waals surface area (Å²) in [6.45, 7) is 2.43. The number of hydrogen-bond acceptors (Lipinski definition) is 3. The van der Waals surface area contributed by atoms with E-state index in [1.54, 1.807) is 6.20 Å². The molecule has 5 nitrogen and oxygen atoms in total. The minimum atomic E-state index is -0.0732. The second-order valence-corrected chi connectivity index (χ2v) is 6.11. The quantitative estimate of drug-likeness (QED) is 0.803. The molecule has 0 spiro atoms. The van der Waals surface area contributed by atoms with Crippen molar-refractivity contribution >= 4 is 11.8 Å². The van der Waals surface area contributed by atoms with Crippen LogP contribution >= 0.6 is 0 Å². The zero-order valence-electron chi connectivity index (χ0n) is 13.8. The Hall–Kier alpha value is -2.56. The molecule has 0 aliphatic carbocycles. The van der Waals surface area contributed by atoms with E-state index in [9.17, 15) is 4.79 Å². The third-order valence-electron chi connectivity index (χ3n) is 4.27. The average Bonchev–Trinajstić information content (AvgIpc) is 3.09. The summed E-state index contributed by atoms with van der Waals surface area (Å²) in [5.74, 6) is 0.977. The van der Waals surface area contributed by atoms with Crippen molar-refractivity contribution in [3.05, 3.63) is 60.3 Å². The summed E-state index contributed by atoms with van der Waals surface area (Å²) in [6, 6.07) is 16.4. The van der Waals surface area contributed by atoms with Crippen LogP contribution in [0.3, 0.4) is 0 Å². The maximum absolute atomic E-state index is 12.0. The lowest BCUT2D eigenvalue weighted by molar-refractivity contribution is 0.237. The minimum absolute atomic E-state index is 0.0732. The third-order valence-corrected chi connectivity index (χ3v) is 4.27. The second kappa shape index (κ2) is 8.34. The van der Waals surface area contributed by atoms with E-state index in [4.69, 9.17) is 0 Å². The van der Waals surface area contributed by atoms with E-state index in [2.05, 4.69) is 32.7 Å². The first kappa shape index (κ1) is 16.3. The number of carbonyl (C=O) groups excluding carboxylic acids is 1. The molecular weight excluding hydrogens is 300 g/mol. The molecule has 2 N–H and O–H groups in total. The normalized spacial score (nSPS) is 16.8. The lowest BCUT2D eigenvalue weighted by atomic mass is 10.1. The van der Waals surface area contributed by atoms with Crippen LogP contribution in [0.2, 0.25) is 0 Å². The maximum Gasteiger partial charge on any atom is 0.315 e. The highest BCUT2D eigenvalue weighted by atomic mass is 16.2. The molecule has 1 fully saturated rings. The molecule has 1 aromatic carbocycles. The van der Waals surface area contributed by atoms with Gasteiger partial charge in [-0.05, 0) is 37.0 Å². The van der Waals surface area contributed by atoms with Crippen molar-refractivity contribution in [3.63, 3.8) is 0 Å². The lowest BCUT2D eigenvalue weighted by Crippen LogP contribution is -2.43. The molecular formula is C19H24N4O. The van der Waals surface area contributed by atoms with Gasteiger partial charge in [0.1, 0.15) is 5.82 Å². The Morgan fingerprint density at radius 1 is 1.17 bits per heavy atom. The number of nitrogens with one attached hydrogen (secondary N) is 2. The lowest BCUT2D eigenvalue weighted by Gasteiger charge is -2.18. The average molecular weight is 324 g/mol. The van der Waals surface area contributed by atoms with Crippen molar-refractivity contribution in [2.24, 2.45) is 0 Å². The molecule has 2 heterocycles. The fourth-order valence-corrected chi connectivity index (χ4v) is 3.00. The molecule has 2 aromatic rings. The fraction of sp³-hybridized carbons (Fsp3) is 0.368. The number of carbonyl (C=O) groups is 1. The molecule has 1 saturated heterocycles. The number of urea groups is 1. The third kappa shape index (κ3) is 4.72. The van der Waals surface area contributed by atoms with Crippen LogP contribution < -0.4 is 15.5 Å². The van der Waals surface area contributed by atoms with Gasteiger partial charge in [-0.25, -0.2) is 9.78 Å². The maximum atomic E-state index is 12.0. The zero-order chi connectivity index (χ0) is 16.6. The van der Waals surface area contributed by atoms with Crippen LogP contribution in [0.15, 0.2) is 54.7 Å². The molecule has 1 aliphatic heterocycles. The van der Waals surface area contributed by atoms with Crippen molar-refractivity contribution in [1.29, 1.82) is 0 Å². The molecule has 2 amide bonds. The van der Waals surface area contributed by atoms with E-state index in [0.29, 0.717) is 6.54 Å². The number of anilines is 1. The predicted octanol–water partition coefficient (Wildman–Crippen LogP) is 2.59. The summed E-state index contributed by atoms with van der Waals surface area (Å²) < 4.78 is 0. The molecule has 3 rings (SSSR count). The number of hydrogen-bond donors (Lipinski definition) is 2. The number of rotatable bonds is 6. The highest BCUT2D eigenvalue weighted by molar-refractivity contribution is 5.74. The van der Waals surface area contributed by atoms with Crippen LogP contribution in [0.1, 0.15) is 18.4 Å². The fourth-order valence-electron chi connectivity index (χ4n) is 3.00. The van der Waals surface area contributed by atoms with Crippen LogP contribution in [-0.2, 0) is 6.42 Å². The summed E-state index contributed by atoms with van der Waals surface area (Å²) in [5.41, 5.74) is 1.31. The van der Waals surface area contributed by atoms with Crippen LogP contribution in [0.4, 0.5) is 10.6 Å². The van der Waals surface area contributed by atoms with Crippen LogP contribution in [0.5, 0.6) is 0 Å². The Labute approximate surface area is 143 Å². The van der Waals surface area contributed by atoms with E-state index in [1.807, 2.05) is 36.4 Å². The topological polar surface area (TPSA) is 57.3 Å². The first-order chi connectivity index (χ1) is 11.8. The summed E-state index contributed by atoms with van der Waals surface area (Å²) >= 11 is 0. The van der Waals surface area contributed by atoms with Gasteiger partial charge in [-0.1, -0.05) is 36.4 Å². The van der Waals surface area contributed by atoms with Gasteiger partial charge in [0.25, 0.3) is 0 Å². The van der Waals surface area contributed by atoms with Crippen LogP contribution in [-0.4, -0.2) is 36.7 Å². The van der Waals surface area contributed by atoms with Gasteiger partial charge in [-0.2, -0.15) is 0 Å². The Morgan fingerprint density at radius 2 is 2.00 bits per heavy atom. The van der Waals surface area contributed by atoms with Crippen molar-refractivity contribution in [1.82, 2.24) is 15.6 Å². The molecule has 1 aliphatic rings. The van der Waals surface area contributed by atoms with E-state index >= 15 is 0 Å². The molecule has 0 bridgehead atoms. The van der Waals surface area contributed by atoms with Crippen molar-refractivity contribution in [2.75, 3.05) is 24.5 Å². The highest BCUT2D eigenvalue weighted by Gasteiger charge is 2.24. The largest absolute Gasteiger partial charge is 0.354 e. The number of amides is 2. The zero-order valence-corrected chi connectivity index (χ0v) is 13.8. The molecule has 5 heteroatoms. The standard InChI is InChI=1S/C19H24N4O/c24-19(21-13-6-9-16-7-2-1-3-8-16)22-17-11-14-23(15-17)18-10-4-5-12-20-18/h1-5,7-8,10,12,17H,6,9,11,13-15H2,(H2,21,22,24). The van der Waals surface area contributed by atoms with E-state index in [-0.39, 0.29) is 12.1 Å². The first-order valence-corrected chi connectivity index (χ1v) is 8.55. The van der Waals surface area contributed by atoms with Gasteiger partial charge in [-0.3, -0.25) is 0 Å². The molecule has 24 heavy (non-hydrogen) atoms. The first-order valence-electron chi connectivity index (χ1n) is 8.55. The summed E-state index contributed by atoms with van der Waals surface area (Å²) in [6.07, 6.45) is 4.68. The van der Waals surface area contributed by atoms with Gasteiger partial charge in [0.15, 0.2) is 0 Å². The van der Waals surface area contributed by atoms with E-state index in [1.165, 1.54) is 5.56 Å². The van der Waals surface area contributed by atoms with Gasteiger partial charge in [-0.15, -0.1) is 0 Å². The van der Waals surface area contributed by atoms with Crippen LogP contribution in [0.25, 0.3) is 0 Å². The van der Waals surface area contributed by atoms with Gasteiger partial charge in [0, 0.05) is 31.9 Å². The van der Waals surface area contributed by atoms with Crippen LogP contribution in [0, 0.1) is 0 Å². The van der Waals surface area contributed by atoms with E-state index < -0.39 is 0 Å². The second-order valence-electron chi connectivity index (χ2n) is 6.11. The summed E-state index contributed by atoms with van der Waals surface area (Å²) in [7, 11) is 0. The molecule has 126 valence electrons. The molecule has 1 atom stereocenters. The van der Waals surface area contributed by atoms with Crippen molar-refractivity contribution in [2.45, 2.75) is 25.3 Å². The number of aromatic nitrogens is 1. The summed E-state index contributed by atoms with van der Waals surface area (Å²) in [4.78, 5) is 18.6. The van der Waals surface area contributed by atoms with Gasteiger partial charge in [0.2, 0.25) is 0 Å². The predicted molar refractivity (Wildman–Crippen MR) is 96.2 cm³/mol. The smallest absolute Gasteiger partial charge is 0.315 e. The monoisotopic (exact) mass is 324 g/mol. The molecule has 1 aromatic heterocycles. The Morgan fingerprint density at radius 3 is 2.79 bits per heavy atom.